The summed E-state index contributed by atoms with van der Waals surface area (Å²) in [7, 11) is 0. The van der Waals surface area contributed by atoms with Crippen LogP contribution >= 0.6 is 0 Å². The van der Waals surface area contributed by atoms with Crippen LogP contribution in [0, 0.1) is 0 Å². The molecule has 3 aromatic rings. The fraction of sp³-hybridized carbons (Fsp3) is 0.176. The summed E-state index contributed by atoms with van der Waals surface area (Å²) < 4.78 is 1.93. The lowest BCUT2D eigenvalue weighted by Gasteiger charge is -2.21. The molecule has 0 aliphatic rings. The summed E-state index contributed by atoms with van der Waals surface area (Å²) in [5, 5.41) is 4.51. The minimum atomic E-state index is -0.0454. The molecule has 0 aliphatic heterocycles. The van der Waals surface area contributed by atoms with Crippen molar-refractivity contribution in [3.63, 3.8) is 0 Å². The van der Waals surface area contributed by atoms with E-state index >= 15 is 0 Å². The van der Waals surface area contributed by atoms with Gasteiger partial charge in [0.05, 0.1) is 12.2 Å². The van der Waals surface area contributed by atoms with Crippen LogP contribution in [0.25, 0.3) is 11.1 Å². The van der Waals surface area contributed by atoms with Gasteiger partial charge in [-0.15, -0.1) is 0 Å². The Bertz CT molecular complexity index is 689. The second-order valence-corrected chi connectivity index (χ2v) is 5.16. The zero-order valence-electron chi connectivity index (χ0n) is 11.9. The van der Waals surface area contributed by atoms with Crippen molar-refractivity contribution in [2.24, 2.45) is 5.73 Å². The van der Waals surface area contributed by atoms with Gasteiger partial charge >= 0.3 is 0 Å². The Balaban J connectivity index is 1.97. The highest BCUT2D eigenvalue weighted by Gasteiger charge is 2.19. The smallest absolute Gasteiger partial charge is 0.0917 e. The van der Waals surface area contributed by atoms with Gasteiger partial charge in [-0.1, -0.05) is 30.3 Å². The fourth-order valence-electron chi connectivity index (χ4n) is 2.53. The highest BCUT2D eigenvalue weighted by molar-refractivity contribution is 5.61. The summed E-state index contributed by atoms with van der Waals surface area (Å²) in [5.41, 5.74) is 9.53. The predicted octanol–water partition coefficient (Wildman–Crippen LogP) is 2.88. The Morgan fingerprint density at radius 3 is 2.38 bits per heavy atom. The van der Waals surface area contributed by atoms with E-state index in [9.17, 15) is 0 Å². The van der Waals surface area contributed by atoms with Crippen LogP contribution < -0.4 is 5.73 Å². The SMILES string of the molecule is CC(N)C(c1ccncc1)n1cc(-c2ccccc2)cn1. The summed E-state index contributed by atoms with van der Waals surface area (Å²) in [5.74, 6) is 0. The molecule has 0 saturated carbocycles. The molecule has 0 saturated heterocycles. The van der Waals surface area contributed by atoms with Crippen LogP contribution in [0.5, 0.6) is 0 Å². The van der Waals surface area contributed by atoms with E-state index in [4.69, 9.17) is 5.73 Å². The number of benzene rings is 1. The molecule has 2 N–H and O–H groups in total. The Hall–Kier alpha value is -2.46. The number of aromatic nitrogens is 3. The molecule has 4 heteroatoms. The number of rotatable bonds is 4. The van der Waals surface area contributed by atoms with Crippen molar-refractivity contribution in [3.8, 4) is 11.1 Å². The predicted molar refractivity (Wildman–Crippen MR) is 83.7 cm³/mol. The molecule has 3 rings (SSSR count). The van der Waals surface area contributed by atoms with Crippen LogP contribution in [0.1, 0.15) is 18.5 Å². The van der Waals surface area contributed by atoms with Gasteiger partial charge in [0.1, 0.15) is 0 Å². The molecule has 1 aromatic carbocycles. The Morgan fingerprint density at radius 2 is 1.71 bits per heavy atom. The van der Waals surface area contributed by atoms with E-state index in [1.807, 2.05) is 54.3 Å². The van der Waals surface area contributed by atoms with Crippen molar-refractivity contribution >= 4 is 0 Å². The van der Waals surface area contributed by atoms with E-state index in [0.717, 1.165) is 16.7 Å². The van der Waals surface area contributed by atoms with Gasteiger partial charge in [0.25, 0.3) is 0 Å². The van der Waals surface area contributed by atoms with Crippen molar-refractivity contribution in [2.45, 2.75) is 19.0 Å². The first-order valence-electron chi connectivity index (χ1n) is 7.01. The normalized spacial score (nSPS) is 13.8. The lowest BCUT2D eigenvalue weighted by molar-refractivity contribution is 0.454. The van der Waals surface area contributed by atoms with Crippen molar-refractivity contribution in [1.29, 1.82) is 0 Å². The van der Waals surface area contributed by atoms with Crippen molar-refractivity contribution in [2.75, 3.05) is 0 Å². The van der Waals surface area contributed by atoms with Crippen LogP contribution in [0.3, 0.4) is 0 Å². The second-order valence-electron chi connectivity index (χ2n) is 5.16. The van der Waals surface area contributed by atoms with Crippen LogP contribution in [-0.2, 0) is 0 Å². The first-order valence-corrected chi connectivity index (χ1v) is 7.01. The van der Waals surface area contributed by atoms with Crippen LogP contribution in [0.4, 0.5) is 0 Å². The lowest BCUT2D eigenvalue weighted by Crippen LogP contribution is -2.30. The van der Waals surface area contributed by atoms with Gasteiger partial charge in [0.2, 0.25) is 0 Å². The number of nitrogens with two attached hydrogens (primary N) is 1. The van der Waals surface area contributed by atoms with Crippen molar-refractivity contribution in [1.82, 2.24) is 14.8 Å². The zero-order chi connectivity index (χ0) is 14.7. The van der Waals surface area contributed by atoms with Gasteiger partial charge in [-0.25, -0.2) is 0 Å². The highest BCUT2D eigenvalue weighted by Crippen LogP contribution is 2.24. The Morgan fingerprint density at radius 1 is 1.00 bits per heavy atom. The Labute approximate surface area is 124 Å². The molecule has 0 fully saturated rings. The largest absolute Gasteiger partial charge is 0.326 e. The summed E-state index contributed by atoms with van der Waals surface area (Å²) in [6.07, 6.45) is 7.49. The lowest BCUT2D eigenvalue weighted by atomic mass is 10.0. The van der Waals surface area contributed by atoms with Gasteiger partial charge in [0.15, 0.2) is 0 Å². The molecular weight excluding hydrogens is 260 g/mol. The maximum absolute atomic E-state index is 6.17. The number of pyridine rings is 1. The maximum atomic E-state index is 6.17. The van der Waals surface area contributed by atoms with E-state index in [-0.39, 0.29) is 12.1 Å². The molecule has 2 unspecified atom stereocenters. The van der Waals surface area contributed by atoms with Gasteiger partial charge in [-0.2, -0.15) is 5.10 Å². The molecular formula is C17H18N4. The van der Waals surface area contributed by atoms with Crippen LogP contribution in [-0.4, -0.2) is 20.8 Å². The van der Waals surface area contributed by atoms with Gasteiger partial charge in [-0.3, -0.25) is 9.67 Å². The number of hydrogen-bond acceptors (Lipinski definition) is 3. The summed E-state index contributed by atoms with van der Waals surface area (Å²) in [6.45, 7) is 2.00. The molecule has 0 aliphatic carbocycles. The van der Waals surface area contributed by atoms with E-state index in [0.29, 0.717) is 0 Å². The first-order chi connectivity index (χ1) is 10.3. The molecule has 0 radical (unpaired) electrons. The van der Waals surface area contributed by atoms with Crippen molar-refractivity contribution in [3.05, 3.63) is 72.8 Å². The summed E-state index contributed by atoms with van der Waals surface area (Å²) in [6, 6.07) is 14.1. The summed E-state index contributed by atoms with van der Waals surface area (Å²) in [4.78, 5) is 4.06. The zero-order valence-corrected chi connectivity index (χ0v) is 11.9. The molecule has 4 nitrogen and oxygen atoms in total. The molecule has 2 aromatic heterocycles. The second kappa shape index (κ2) is 5.89. The quantitative estimate of drug-likeness (QED) is 0.798. The van der Waals surface area contributed by atoms with E-state index in [1.165, 1.54) is 0 Å². The molecule has 21 heavy (non-hydrogen) atoms. The topological polar surface area (TPSA) is 56.7 Å². The minimum Gasteiger partial charge on any atom is -0.326 e. The first kappa shape index (κ1) is 13.5. The molecule has 2 atom stereocenters. The third kappa shape index (κ3) is 2.85. The fourth-order valence-corrected chi connectivity index (χ4v) is 2.53. The molecule has 106 valence electrons. The van der Waals surface area contributed by atoms with E-state index in [1.54, 1.807) is 12.4 Å². The maximum Gasteiger partial charge on any atom is 0.0917 e. The number of hydrogen-bond donors (Lipinski definition) is 1. The highest BCUT2D eigenvalue weighted by atomic mass is 15.3. The molecule has 0 amide bonds. The van der Waals surface area contributed by atoms with E-state index in [2.05, 4.69) is 22.2 Å². The van der Waals surface area contributed by atoms with Gasteiger partial charge < -0.3 is 5.73 Å². The standard InChI is InChI=1S/C17H18N4/c1-13(18)17(15-7-9-19-10-8-15)21-12-16(11-20-21)14-5-3-2-4-6-14/h2-13,17H,18H2,1H3. The van der Waals surface area contributed by atoms with Crippen LogP contribution in [0.2, 0.25) is 0 Å². The molecule has 2 heterocycles. The van der Waals surface area contributed by atoms with E-state index < -0.39 is 0 Å². The average Bonchev–Trinajstić information content (AvgIpc) is 2.98. The monoisotopic (exact) mass is 278 g/mol. The van der Waals surface area contributed by atoms with Gasteiger partial charge in [-0.05, 0) is 30.2 Å². The third-order valence-corrected chi connectivity index (χ3v) is 3.54. The van der Waals surface area contributed by atoms with Gasteiger partial charge in [0, 0.05) is 30.2 Å². The molecule has 0 spiro atoms. The van der Waals surface area contributed by atoms with Crippen LogP contribution in [0.15, 0.2) is 67.3 Å². The third-order valence-electron chi connectivity index (χ3n) is 3.54. The van der Waals surface area contributed by atoms with Crippen molar-refractivity contribution < 1.29 is 0 Å². The summed E-state index contributed by atoms with van der Waals surface area (Å²) >= 11 is 0. The average molecular weight is 278 g/mol. The minimum absolute atomic E-state index is 0.00506. The molecule has 0 bridgehead atoms. The Kier molecular flexibility index (Phi) is 3.79. The number of nitrogens with zero attached hydrogens (tertiary/aromatic N) is 3.